The molecule has 5 atom stereocenters. The number of aromatic nitrogens is 5. The van der Waals surface area contributed by atoms with E-state index in [-0.39, 0.29) is 6.04 Å². The van der Waals surface area contributed by atoms with E-state index in [9.17, 15) is 9.90 Å². The second-order valence-corrected chi connectivity index (χ2v) is 12.5. The summed E-state index contributed by atoms with van der Waals surface area (Å²) in [5.74, 6) is 2.21. The molecule has 1 unspecified atom stereocenters. The maximum Gasteiger partial charge on any atom is 0.329 e. The number of carbonyl (C=O) groups is 1. The first-order valence-electron chi connectivity index (χ1n) is 15.2. The first kappa shape index (κ1) is 31.1. The highest BCUT2D eigenvalue weighted by molar-refractivity contribution is 7.99. The van der Waals surface area contributed by atoms with E-state index in [1.165, 1.54) is 5.56 Å². The van der Waals surface area contributed by atoms with Crippen molar-refractivity contribution >= 4 is 34.7 Å². The molecule has 13 heteroatoms. The molecule has 12 nitrogen and oxygen atoms in total. The fourth-order valence-electron chi connectivity index (χ4n) is 6.11. The van der Waals surface area contributed by atoms with E-state index >= 15 is 0 Å². The van der Waals surface area contributed by atoms with Gasteiger partial charge in [0.05, 0.1) is 32.5 Å². The van der Waals surface area contributed by atoms with Crippen molar-refractivity contribution in [2.24, 2.45) is 0 Å². The van der Waals surface area contributed by atoms with Crippen LogP contribution in [0.2, 0.25) is 0 Å². The second kappa shape index (κ2) is 13.6. The topological polar surface area (TPSA) is 145 Å². The van der Waals surface area contributed by atoms with Gasteiger partial charge in [-0.15, -0.1) is 5.10 Å². The molecule has 0 aliphatic heterocycles. The zero-order valence-electron chi connectivity index (χ0n) is 25.6. The summed E-state index contributed by atoms with van der Waals surface area (Å²) in [6, 6.07) is 16.0. The van der Waals surface area contributed by atoms with Gasteiger partial charge in [-0.2, -0.15) is 0 Å². The van der Waals surface area contributed by atoms with Crippen LogP contribution in [0.1, 0.15) is 55.7 Å². The van der Waals surface area contributed by atoms with Crippen molar-refractivity contribution in [3.63, 3.8) is 0 Å². The lowest BCUT2D eigenvalue weighted by atomic mass is 10.1. The van der Waals surface area contributed by atoms with Gasteiger partial charge in [-0.3, -0.25) is 0 Å². The number of hydrogen-bond acceptors (Lipinski definition) is 11. The minimum atomic E-state index is -1.04. The van der Waals surface area contributed by atoms with Crippen LogP contribution in [0, 0.1) is 0 Å². The van der Waals surface area contributed by atoms with Crippen LogP contribution in [0.25, 0.3) is 11.2 Å². The van der Waals surface area contributed by atoms with E-state index in [2.05, 4.69) is 46.4 Å². The highest BCUT2D eigenvalue weighted by atomic mass is 32.2. The lowest BCUT2D eigenvalue weighted by Crippen LogP contribution is -2.28. The van der Waals surface area contributed by atoms with Crippen molar-refractivity contribution in [1.82, 2.24) is 25.0 Å². The SMILES string of the molecule is CCCSc1nc(N(Cc2ccc(OC)cc2OC)C2C[C@H]2c2ccccc2)c2nnn([C@@H]3C[C@H](OCC(=O)O)C[C@H]3O)c2n1. The van der Waals surface area contributed by atoms with Crippen LogP contribution >= 0.6 is 11.8 Å². The molecule has 2 N–H and O–H groups in total. The van der Waals surface area contributed by atoms with Crippen molar-refractivity contribution in [3.8, 4) is 11.5 Å². The Morgan fingerprint density at radius 2 is 1.91 bits per heavy atom. The van der Waals surface area contributed by atoms with Gasteiger partial charge in [0.15, 0.2) is 22.1 Å². The second-order valence-electron chi connectivity index (χ2n) is 11.4. The number of aliphatic hydroxyl groups is 1. The minimum Gasteiger partial charge on any atom is -0.497 e. The third-order valence-corrected chi connectivity index (χ3v) is 9.47. The highest BCUT2D eigenvalue weighted by Gasteiger charge is 2.45. The molecule has 6 rings (SSSR count). The summed E-state index contributed by atoms with van der Waals surface area (Å²) < 4.78 is 18.4. The molecular formula is C32H38N6O6S. The average Bonchev–Trinajstić information content (AvgIpc) is 3.60. The van der Waals surface area contributed by atoms with Crippen LogP contribution < -0.4 is 14.4 Å². The minimum absolute atomic E-state index is 0.150. The summed E-state index contributed by atoms with van der Waals surface area (Å²) in [6.45, 7) is 2.20. The molecule has 0 saturated heterocycles. The quantitative estimate of drug-likeness (QED) is 0.149. The van der Waals surface area contributed by atoms with Gasteiger partial charge in [0.25, 0.3) is 0 Å². The largest absolute Gasteiger partial charge is 0.497 e. The van der Waals surface area contributed by atoms with Gasteiger partial charge in [-0.05, 0) is 37.0 Å². The molecule has 2 heterocycles. The summed E-state index contributed by atoms with van der Waals surface area (Å²) in [7, 11) is 3.29. The number of aliphatic hydroxyl groups excluding tert-OH is 1. The smallest absolute Gasteiger partial charge is 0.329 e. The highest BCUT2D eigenvalue weighted by Crippen LogP contribution is 2.48. The molecule has 0 bridgehead atoms. The molecular weight excluding hydrogens is 596 g/mol. The summed E-state index contributed by atoms with van der Waals surface area (Å²) in [5, 5.41) is 29.8. The Morgan fingerprint density at radius 3 is 2.64 bits per heavy atom. The first-order valence-corrected chi connectivity index (χ1v) is 16.2. The number of carboxylic acids is 1. The average molecular weight is 635 g/mol. The van der Waals surface area contributed by atoms with Crippen molar-refractivity contribution in [3.05, 3.63) is 59.7 Å². The number of ether oxygens (including phenoxy) is 3. The van der Waals surface area contributed by atoms with Crippen molar-refractivity contribution in [2.45, 2.75) is 74.5 Å². The first-order chi connectivity index (χ1) is 21.9. The van der Waals surface area contributed by atoms with E-state index in [0.717, 1.165) is 24.2 Å². The molecule has 4 aromatic rings. The van der Waals surface area contributed by atoms with Crippen molar-refractivity contribution in [2.75, 3.05) is 31.5 Å². The Kier molecular flexibility index (Phi) is 9.38. The third kappa shape index (κ3) is 6.70. The van der Waals surface area contributed by atoms with Crippen LogP contribution in [0.4, 0.5) is 5.82 Å². The number of aliphatic carboxylic acids is 1. The molecule has 0 radical (unpaired) electrons. The predicted octanol–water partition coefficient (Wildman–Crippen LogP) is 4.47. The Hall–Kier alpha value is -3.94. The number of benzene rings is 2. The molecule has 0 spiro atoms. The number of methoxy groups -OCH3 is 2. The summed E-state index contributed by atoms with van der Waals surface area (Å²) in [4.78, 5) is 23.3. The van der Waals surface area contributed by atoms with Crippen molar-refractivity contribution in [1.29, 1.82) is 0 Å². The fraction of sp³-hybridized carbons (Fsp3) is 0.469. The zero-order valence-corrected chi connectivity index (χ0v) is 26.4. The molecule has 2 saturated carbocycles. The number of fused-ring (bicyclic) bond motifs is 1. The van der Waals surface area contributed by atoms with Gasteiger partial charge in [0.1, 0.15) is 18.1 Å². The summed E-state index contributed by atoms with van der Waals surface area (Å²) in [6.07, 6.45) is 1.41. The molecule has 2 aliphatic carbocycles. The predicted molar refractivity (Wildman–Crippen MR) is 169 cm³/mol. The van der Waals surface area contributed by atoms with Gasteiger partial charge in [-0.25, -0.2) is 19.4 Å². The van der Waals surface area contributed by atoms with E-state index in [1.54, 1.807) is 30.7 Å². The molecule has 2 aliphatic rings. The Labute approximate surface area is 265 Å². The molecule has 2 fully saturated rings. The monoisotopic (exact) mass is 634 g/mol. The standard InChI is InChI=1S/C32H38N6O6S/c1-4-12-45-32-33-30(29-31(34-32)38(36-35-29)25-13-22(14-26(25)39)44-18-28(40)41)37(24-16-23(24)19-8-6-5-7-9-19)17-20-10-11-21(42-2)15-27(20)43-3/h5-11,15,22-26,39H,4,12-14,16-18H2,1-3H3,(H,40,41)/t22-,23-,24?,25+,26+/m0/s1. The number of nitrogens with zero attached hydrogens (tertiary/aromatic N) is 6. The molecule has 0 amide bonds. The molecule has 238 valence electrons. The third-order valence-electron chi connectivity index (χ3n) is 8.42. The summed E-state index contributed by atoms with van der Waals surface area (Å²) in [5.41, 5.74) is 3.32. The number of hydrogen-bond donors (Lipinski definition) is 2. The van der Waals surface area contributed by atoms with Gasteiger partial charge >= 0.3 is 5.97 Å². The number of thioether (sulfide) groups is 1. The van der Waals surface area contributed by atoms with Gasteiger partial charge in [-0.1, -0.05) is 54.2 Å². The normalized spacial score (nSPS) is 22.4. The van der Waals surface area contributed by atoms with Crippen LogP contribution in [-0.4, -0.2) is 86.0 Å². The number of rotatable bonds is 14. The van der Waals surface area contributed by atoms with Crippen LogP contribution in [-0.2, 0) is 16.1 Å². The Morgan fingerprint density at radius 1 is 1.09 bits per heavy atom. The van der Waals surface area contributed by atoms with Crippen LogP contribution in [0.5, 0.6) is 11.5 Å². The van der Waals surface area contributed by atoms with Crippen molar-refractivity contribution < 1.29 is 29.2 Å². The zero-order chi connectivity index (χ0) is 31.5. The lowest BCUT2D eigenvalue weighted by molar-refractivity contribution is -0.144. The van der Waals surface area contributed by atoms with E-state index in [0.29, 0.717) is 58.9 Å². The lowest BCUT2D eigenvalue weighted by Gasteiger charge is -2.26. The molecule has 2 aromatic heterocycles. The summed E-state index contributed by atoms with van der Waals surface area (Å²) >= 11 is 1.57. The molecule has 2 aromatic carbocycles. The van der Waals surface area contributed by atoms with E-state index < -0.39 is 30.8 Å². The fourth-order valence-corrected chi connectivity index (χ4v) is 6.80. The number of carboxylic acid groups (broad SMARTS) is 1. The maximum absolute atomic E-state index is 11.1. The number of anilines is 1. The van der Waals surface area contributed by atoms with Gasteiger partial charge < -0.3 is 29.3 Å². The Bertz CT molecular complexity index is 1640. The van der Waals surface area contributed by atoms with Crippen LogP contribution in [0.15, 0.2) is 53.7 Å². The van der Waals surface area contributed by atoms with Crippen LogP contribution in [0.3, 0.4) is 0 Å². The van der Waals surface area contributed by atoms with E-state index in [1.807, 2.05) is 24.3 Å². The maximum atomic E-state index is 11.1. The van der Waals surface area contributed by atoms with E-state index in [4.69, 9.17) is 29.3 Å². The van der Waals surface area contributed by atoms with Gasteiger partial charge in [0.2, 0.25) is 0 Å². The molecule has 45 heavy (non-hydrogen) atoms. The Balaban J connectivity index is 1.42. The van der Waals surface area contributed by atoms with Gasteiger partial charge in [0, 0.05) is 42.3 Å².